The van der Waals surface area contributed by atoms with Gasteiger partial charge >= 0.3 is 12.4 Å². The lowest BCUT2D eigenvalue weighted by Gasteiger charge is -2.13. The molecular weight excluding hydrogens is 320 g/mol. The molecule has 0 fully saturated rings. The lowest BCUT2D eigenvalue weighted by Crippen LogP contribution is -2.08. The Morgan fingerprint density at radius 1 is 0.783 bits per heavy atom. The van der Waals surface area contributed by atoms with Crippen molar-refractivity contribution in [3.8, 4) is 0 Å². The van der Waals surface area contributed by atoms with Gasteiger partial charge in [-0.1, -0.05) is 12.1 Å². The second-order valence-corrected chi connectivity index (χ2v) is 5.39. The van der Waals surface area contributed by atoms with Crippen molar-refractivity contribution in [3.63, 3.8) is 0 Å². The van der Waals surface area contributed by atoms with Gasteiger partial charge in [0.25, 0.3) is 0 Å². The van der Waals surface area contributed by atoms with Crippen LogP contribution in [0.5, 0.6) is 0 Å². The molecule has 0 saturated carbocycles. The van der Waals surface area contributed by atoms with Crippen LogP contribution >= 0.6 is 0 Å². The molecule has 2 aromatic rings. The first-order valence-electron chi connectivity index (χ1n) is 6.78. The summed E-state index contributed by atoms with van der Waals surface area (Å²) in [6, 6.07) is 7.71. The maximum Gasteiger partial charge on any atom is 0.416 e. The number of alkyl halides is 6. The maximum absolute atomic E-state index is 12.7. The molecule has 0 amide bonds. The minimum atomic E-state index is -4.42. The second kappa shape index (κ2) is 5.18. The van der Waals surface area contributed by atoms with Gasteiger partial charge in [-0.2, -0.15) is 26.3 Å². The van der Waals surface area contributed by atoms with Crippen LogP contribution in [0.25, 0.3) is 0 Å². The Morgan fingerprint density at radius 2 is 1.35 bits per heavy atom. The number of hydrogen-bond donors (Lipinski definition) is 1. The number of nitrogens with one attached hydrogen (secondary N) is 1. The van der Waals surface area contributed by atoms with Crippen LogP contribution in [0.4, 0.5) is 32.0 Å². The average molecular weight is 331 g/mol. The monoisotopic (exact) mass is 331 g/mol. The van der Waals surface area contributed by atoms with Crippen molar-refractivity contribution in [1.29, 1.82) is 0 Å². The van der Waals surface area contributed by atoms with E-state index in [1.54, 1.807) is 0 Å². The van der Waals surface area contributed by atoms with E-state index in [0.29, 0.717) is 23.2 Å². The van der Waals surface area contributed by atoms with E-state index in [4.69, 9.17) is 0 Å². The SMILES string of the molecule is FC(F)(F)c1ccc(C2Cc3cc(C(F)(F)F)ccc3N2)cc1. The molecule has 0 aromatic heterocycles. The molecule has 0 spiro atoms. The van der Waals surface area contributed by atoms with E-state index in [1.165, 1.54) is 18.2 Å². The molecule has 1 aliphatic heterocycles. The van der Waals surface area contributed by atoms with Crippen molar-refractivity contribution in [2.75, 3.05) is 5.32 Å². The fraction of sp³-hybridized carbons (Fsp3) is 0.250. The molecule has 0 radical (unpaired) electrons. The van der Waals surface area contributed by atoms with E-state index < -0.39 is 23.5 Å². The predicted molar refractivity (Wildman–Crippen MR) is 73.0 cm³/mol. The van der Waals surface area contributed by atoms with Crippen molar-refractivity contribution in [2.24, 2.45) is 0 Å². The fourth-order valence-electron chi connectivity index (χ4n) is 2.64. The molecular formula is C16H11F6N. The molecule has 1 nitrogen and oxygen atoms in total. The summed E-state index contributed by atoms with van der Waals surface area (Å²) in [6.07, 6.45) is -8.53. The molecule has 7 heteroatoms. The smallest absolute Gasteiger partial charge is 0.378 e. The van der Waals surface area contributed by atoms with Gasteiger partial charge in [-0.15, -0.1) is 0 Å². The molecule has 3 rings (SSSR count). The summed E-state index contributed by atoms with van der Waals surface area (Å²) in [7, 11) is 0. The molecule has 1 atom stereocenters. The molecule has 2 aromatic carbocycles. The average Bonchev–Trinajstić information content (AvgIpc) is 2.88. The quantitative estimate of drug-likeness (QED) is 0.687. The van der Waals surface area contributed by atoms with E-state index in [9.17, 15) is 26.3 Å². The molecule has 1 heterocycles. The first-order valence-corrected chi connectivity index (χ1v) is 6.78. The summed E-state index contributed by atoms with van der Waals surface area (Å²) < 4.78 is 75.8. The van der Waals surface area contributed by atoms with Crippen molar-refractivity contribution >= 4 is 5.69 Å². The third-order valence-electron chi connectivity index (χ3n) is 3.83. The summed E-state index contributed by atoms with van der Waals surface area (Å²) in [5.74, 6) is 0. The van der Waals surface area contributed by atoms with Crippen molar-refractivity contribution < 1.29 is 26.3 Å². The Hall–Kier alpha value is -2.18. The van der Waals surface area contributed by atoms with Gasteiger partial charge in [0.2, 0.25) is 0 Å². The Bertz CT molecular complexity index is 715. The number of rotatable bonds is 1. The fourth-order valence-corrected chi connectivity index (χ4v) is 2.64. The van der Waals surface area contributed by atoms with Gasteiger partial charge < -0.3 is 5.32 Å². The lowest BCUT2D eigenvalue weighted by molar-refractivity contribution is -0.138. The zero-order valence-corrected chi connectivity index (χ0v) is 11.6. The minimum absolute atomic E-state index is 0.296. The summed E-state index contributed by atoms with van der Waals surface area (Å²) in [4.78, 5) is 0. The van der Waals surface area contributed by atoms with Gasteiger partial charge in [0.05, 0.1) is 17.2 Å². The summed E-state index contributed by atoms with van der Waals surface area (Å²) >= 11 is 0. The van der Waals surface area contributed by atoms with E-state index in [-0.39, 0.29) is 6.04 Å². The topological polar surface area (TPSA) is 12.0 Å². The number of anilines is 1. The third-order valence-corrected chi connectivity index (χ3v) is 3.83. The molecule has 122 valence electrons. The van der Waals surface area contributed by atoms with Gasteiger partial charge in [0.1, 0.15) is 0 Å². The molecule has 0 bridgehead atoms. The zero-order valence-electron chi connectivity index (χ0n) is 11.6. The second-order valence-electron chi connectivity index (χ2n) is 5.39. The third kappa shape index (κ3) is 3.13. The molecule has 1 unspecified atom stereocenters. The van der Waals surface area contributed by atoms with E-state index >= 15 is 0 Å². The largest absolute Gasteiger partial charge is 0.416 e. The minimum Gasteiger partial charge on any atom is -0.378 e. The highest BCUT2D eigenvalue weighted by Crippen LogP contribution is 2.39. The summed E-state index contributed by atoms with van der Waals surface area (Å²) in [5, 5.41) is 3.04. The Labute approximate surface area is 127 Å². The zero-order chi connectivity index (χ0) is 16.8. The number of halogens is 6. The highest BCUT2D eigenvalue weighted by molar-refractivity contribution is 5.59. The van der Waals surface area contributed by atoms with Crippen LogP contribution in [0.1, 0.15) is 28.3 Å². The van der Waals surface area contributed by atoms with Crippen LogP contribution in [0.2, 0.25) is 0 Å². The molecule has 0 saturated heterocycles. The van der Waals surface area contributed by atoms with Crippen molar-refractivity contribution in [2.45, 2.75) is 24.8 Å². The molecule has 0 aliphatic carbocycles. The maximum atomic E-state index is 12.7. The van der Waals surface area contributed by atoms with Gasteiger partial charge in [-0.3, -0.25) is 0 Å². The van der Waals surface area contributed by atoms with Crippen LogP contribution in [-0.2, 0) is 18.8 Å². The molecule has 23 heavy (non-hydrogen) atoms. The Kier molecular flexibility index (Phi) is 3.54. The number of hydrogen-bond acceptors (Lipinski definition) is 1. The number of fused-ring (bicyclic) bond motifs is 1. The van der Waals surface area contributed by atoms with Crippen LogP contribution in [-0.4, -0.2) is 0 Å². The van der Waals surface area contributed by atoms with Crippen LogP contribution in [0, 0.1) is 0 Å². The van der Waals surface area contributed by atoms with Crippen LogP contribution in [0.15, 0.2) is 42.5 Å². The van der Waals surface area contributed by atoms with Gasteiger partial charge in [0, 0.05) is 5.69 Å². The molecule has 1 N–H and O–H groups in total. The van der Waals surface area contributed by atoms with Gasteiger partial charge in [0.15, 0.2) is 0 Å². The lowest BCUT2D eigenvalue weighted by atomic mass is 10.0. The molecule has 1 aliphatic rings. The number of benzene rings is 2. The highest BCUT2D eigenvalue weighted by Gasteiger charge is 2.33. The first kappa shape index (κ1) is 15.7. The van der Waals surface area contributed by atoms with E-state index in [1.807, 2.05) is 0 Å². The van der Waals surface area contributed by atoms with E-state index in [2.05, 4.69) is 5.32 Å². The van der Waals surface area contributed by atoms with Crippen LogP contribution in [0.3, 0.4) is 0 Å². The predicted octanol–water partition coefficient (Wildman–Crippen LogP) is 5.43. The van der Waals surface area contributed by atoms with E-state index in [0.717, 1.165) is 24.3 Å². The normalized spacial score (nSPS) is 17.7. The van der Waals surface area contributed by atoms with Crippen LogP contribution < -0.4 is 5.32 Å². The summed E-state index contributed by atoms with van der Waals surface area (Å²) in [6.45, 7) is 0. The summed E-state index contributed by atoms with van der Waals surface area (Å²) in [5.41, 5.74) is 0.192. The standard InChI is InChI=1S/C16H11F6N/c17-15(18,19)11-3-1-9(2-4-11)14-8-10-7-12(16(20,21)22)5-6-13(10)23-14/h1-7,14,23H,8H2. The Morgan fingerprint density at radius 3 is 1.91 bits per heavy atom. The van der Waals surface area contributed by atoms with Gasteiger partial charge in [-0.05, 0) is 47.9 Å². The highest BCUT2D eigenvalue weighted by atomic mass is 19.4. The van der Waals surface area contributed by atoms with Crippen molar-refractivity contribution in [1.82, 2.24) is 0 Å². The van der Waals surface area contributed by atoms with Gasteiger partial charge in [-0.25, -0.2) is 0 Å². The van der Waals surface area contributed by atoms with Crippen molar-refractivity contribution in [3.05, 3.63) is 64.7 Å². The first-order chi connectivity index (χ1) is 10.6. The Balaban J connectivity index is 1.82.